The van der Waals surface area contributed by atoms with E-state index in [4.69, 9.17) is 18.9 Å². The summed E-state index contributed by atoms with van der Waals surface area (Å²) in [5, 5.41) is 40.2. The lowest BCUT2D eigenvalue weighted by atomic mass is 9.99. The molecule has 9 nitrogen and oxygen atoms in total. The second-order valence-corrected chi connectivity index (χ2v) is 17.2. The highest BCUT2D eigenvalue weighted by molar-refractivity contribution is 5.69. The Balaban J connectivity index is 2.22. The van der Waals surface area contributed by atoms with Crippen molar-refractivity contribution in [3.63, 3.8) is 0 Å². The van der Waals surface area contributed by atoms with Crippen LogP contribution in [0.15, 0.2) is 60.8 Å². The van der Waals surface area contributed by atoms with Gasteiger partial charge >= 0.3 is 5.97 Å². The molecule has 360 valence electrons. The van der Waals surface area contributed by atoms with Crippen molar-refractivity contribution < 1.29 is 44.2 Å². The molecule has 0 aliphatic carbocycles. The largest absolute Gasteiger partial charge is 0.457 e. The number of hydrogen-bond acceptors (Lipinski definition) is 9. The summed E-state index contributed by atoms with van der Waals surface area (Å²) in [5.74, 6) is -0.321. The number of allylic oxidation sites excluding steroid dienone is 10. The summed E-state index contributed by atoms with van der Waals surface area (Å²) in [6.07, 6.45) is 49.6. The number of unbranched alkanes of at least 4 members (excludes halogenated alkanes) is 22. The summed E-state index contributed by atoms with van der Waals surface area (Å²) in [6.45, 7) is 4.43. The van der Waals surface area contributed by atoms with Gasteiger partial charge in [0.2, 0.25) is 0 Å². The third-order valence-electron chi connectivity index (χ3n) is 11.4. The highest BCUT2D eigenvalue weighted by Gasteiger charge is 2.44. The molecular formula is C53H94O9. The van der Waals surface area contributed by atoms with Gasteiger partial charge in [-0.15, -0.1) is 0 Å². The number of hydrogen-bond donors (Lipinski definition) is 4. The molecule has 1 rings (SSSR count). The SMILES string of the molecule is CC/C=C\C/C=C\C/C=C\CCCCCCCCCCOCC(COC1OC(CO)C(O)C(O)C1O)OC(=O)CCCCCCCCCCC/C=C\C/C=C\CCCCCCC. The molecule has 1 aliphatic rings. The quantitative estimate of drug-likeness (QED) is 0.0268. The summed E-state index contributed by atoms with van der Waals surface area (Å²) < 4.78 is 22.9. The maximum Gasteiger partial charge on any atom is 0.306 e. The zero-order valence-electron chi connectivity index (χ0n) is 39.6. The van der Waals surface area contributed by atoms with Crippen molar-refractivity contribution in [3.05, 3.63) is 60.8 Å². The maximum absolute atomic E-state index is 12.8. The highest BCUT2D eigenvalue weighted by Crippen LogP contribution is 2.23. The number of esters is 1. The van der Waals surface area contributed by atoms with Crippen molar-refractivity contribution >= 4 is 5.97 Å². The van der Waals surface area contributed by atoms with Crippen LogP contribution in [-0.4, -0.2) is 89.6 Å². The average molecular weight is 875 g/mol. The van der Waals surface area contributed by atoms with Crippen molar-refractivity contribution in [3.8, 4) is 0 Å². The molecule has 0 aromatic carbocycles. The third kappa shape index (κ3) is 34.3. The molecule has 6 unspecified atom stereocenters. The van der Waals surface area contributed by atoms with E-state index in [0.717, 1.165) is 70.6 Å². The molecule has 1 saturated heterocycles. The topological polar surface area (TPSA) is 135 Å². The van der Waals surface area contributed by atoms with Crippen LogP contribution in [0.5, 0.6) is 0 Å². The molecule has 0 aromatic heterocycles. The van der Waals surface area contributed by atoms with Crippen molar-refractivity contribution in [1.29, 1.82) is 0 Å². The van der Waals surface area contributed by atoms with Gasteiger partial charge in [0, 0.05) is 13.0 Å². The monoisotopic (exact) mass is 875 g/mol. The molecule has 0 radical (unpaired) electrons. The van der Waals surface area contributed by atoms with Crippen LogP contribution < -0.4 is 0 Å². The fourth-order valence-corrected chi connectivity index (χ4v) is 7.48. The van der Waals surface area contributed by atoms with Crippen LogP contribution in [0.1, 0.15) is 206 Å². The molecule has 1 heterocycles. The van der Waals surface area contributed by atoms with Crippen molar-refractivity contribution in [2.75, 3.05) is 26.4 Å². The van der Waals surface area contributed by atoms with Crippen molar-refractivity contribution in [2.24, 2.45) is 0 Å². The van der Waals surface area contributed by atoms with Crippen LogP contribution in [0.4, 0.5) is 0 Å². The minimum absolute atomic E-state index is 0.120. The minimum atomic E-state index is -1.54. The Morgan fingerprint density at radius 3 is 1.48 bits per heavy atom. The second kappa shape index (κ2) is 44.1. The Hall–Kier alpha value is -2.11. The fourth-order valence-electron chi connectivity index (χ4n) is 7.48. The number of carbonyl (C=O) groups excluding carboxylic acids is 1. The van der Waals surface area contributed by atoms with Crippen molar-refractivity contribution in [2.45, 2.75) is 243 Å². The van der Waals surface area contributed by atoms with Gasteiger partial charge in [-0.2, -0.15) is 0 Å². The van der Waals surface area contributed by atoms with Crippen LogP contribution in [-0.2, 0) is 23.7 Å². The van der Waals surface area contributed by atoms with Gasteiger partial charge in [0.1, 0.15) is 30.5 Å². The van der Waals surface area contributed by atoms with Crippen LogP contribution in [0.3, 0.4) is 0 Å². The Kier molecular flexibility index (Phi) is 41.2. The Morgan fingerprint density at radius 2 is 0.984 bits per heavy atom. The van der Waals surface area contributed by atoms with E-state index < -0.39 is 43.4 Å². The molecule has 1 fully saturated rings. The first-order valence-corrected chi connectivity index (χ1v) is 25.4. The number of aliphatic hydroxyl groups is 4. The third-order valence-corrected chi connectivity index (χ3v) is 11.4. The van der Waals surface area contributed by atoms with E-state index in [1.165, 1.54) is 116 Å². The normalized spacial score (nSPS) is 20.3. The zero-order chi connectivity index (χ0) is 45.0. The van der Waals surface area contributed by atoms with Gasteiger partial charge in [0.25, 0.3) is 0 Å². The van der Waals surface area contributed by atoms with Gasteiger partial charge in [0.15, 0.2) is 6.29 Å². The summed E-state index contributed by atoms with van der Waals surface area (Å²) in [7, 11) is 0. The molecule has 0 saturated carbocycles. The maximum atomic E-state index is 12.8. The molecule has 9 heteroatoms. The summed E-state index contributed by atoms with van der Waals surface area (Å²) in [6, 6.07) is 0. The van der Waals surface area contributed by atoms with Crippen LogP contribution >= 0.6 is 0 Å². The smallest absolute Gasteiger partial charge is 0.306 e. The summed E-state index contributed by atoms with van der Waals surface area (Å²) in [4.78, 5) is 12.8. The van der Waals surface area contributed by atoms with E-state index in [2.05, 4.69) is 74.6 Å². The number of ether oxygens (including phenoxy) is 4. The zero-order valence-corrected chi connectivity index (χ0v) is 39.6. The van der Waals surface area contributed by atoms with Crippen LogP contribution in [0, 0.1) is 0 Å². The summed E-state index contributed by atoms with van der Waals surface area (Å²) in [5.41, 5.74) is 0. The average Bonchev–Trinajstić information content (AvgIpc) is 3.27. The van der Waals surface area contributed by atoms with Gasteiger partial charge in [-0.3, -0.25) is 4.79 Å². The number of aliphatic hydroxyl groups excluding tert-OH is 4. The van der Waals surface area contributed by atoms with E-state index in [1.807, 2.05) is 0 Å². The molecule has 0 bridgehead atoms. The standard InChI is InChI=1S/C53H94O9/c1-3-5-7-9-11-13-15-17-19-21-23-24-25-26-28-30-32-34-36-38-40-42-49(55)61-47(46-60-53-52(58)51(57)50(56)48(44-54)62-53)45-59-43-41-39-37-35-33-31-29-27-22-20-18-16-14-12-10-8-6-4-2/h6,8,12,14-15,17-18,20-21,23,47-48,50-54,56-58H,3-5,7,9-11,13,16,19,22,24-46H2,1-2H3/b8-6-,14-12-,17-15-,20-18-,23-21-. The molecule has 4 N–H and O–H groups in total. The van der Waals surface area contributed by atoms with Crippen LogP contribution in [0.25, 0.3) is 0 Å². The first-order chi connectivity index (χ1) is 30.4. The molecule has 0 aromatic rings. The van der Waals surface area contributed by atoms with Gasteiger partial charge in [-0.1, -0.05) is 184 Å². The van der Waals surface area contributed by atoms with Crippen molar-refractivity contribution in [1.82, 2.24) is 0 Å². The molecule has 62 heavy (non-hydrogen) atoms. The molecule has 6 atom stereocenters. The number of carbonyl (C=O) groups is 1. The minimum Gasteiger partial charge on any atom is -0.457 e. The Bertz CT molecular complexity index is 1130. The molecule has 0 amide bonds. The van der Waals surface area contributed by atoms with Gasteiger partial charge < -0.3 is 39.4 Å². The van der Waals surface area contributed by atoms with Gasteiger partial charge in [0.05, 0.1) is 19.8 Å². The van der Waals surface area contributed by atoms with E-state index in [9.17, 15) is 25.2 Å². The van der Waals surface area contributed by atoms with E-state index in [-0.39, 0.29) is 19.2 Å². The molecule has 1 aliphatic heterocycles. The first-order valence-electron chi connectivity index (χ1n) is 25.4. The molecule has 0 spiro atoms. The fraction of sp³-hybridized carbons (Fsp3) is 0.792. The van der Waals surface area contributed by atoms with E-state index in [0.29, 0.717) is 13.0 Å². The first kappa shape index (κ1) is 57.9. The number of rotatable bonds is 43. The van der Waals surface area contributed by atoms with E-state index >= 15 is 0 Å². The van der Waals surface area contributed by atoms with E-state index in [1.54, 1.807) is 0 Å². The lowest BCUT2D eigenvalue weighted by Gasteiger charge is -2.39. The Morgan fingerprint density at radius 1 is 0.532 bits per heavy atom. The lowest BCUT2D eigenvalue weighted by Crippen LogP contribution is -2.59. The predicted octanol–water partition coefficient (Wildman–Crippen LogP) is 12.3. The summed E-state index contributed by atoms with van der Waals surface area (Å²) >= 11 is 0. The van der Waals surface area contributed by atoms with Gasteiger partial charge in [-0.05, 0) is 77.0 Å². The predicted molar refractivity (Wildman–Crippen MR) is 256 cm³/mol. The highest BCUT2D eigenvalue weighted by atomic mass is 16.7. The lowest BCUT2D eigenvalue weighted by molar-refractivity contribution is -0.305. The van der Waals surface area contributed by atoms with Crippen LogP contribution in [0.2, 0.25) is 0 Å². The second-order valence-electron chi connectivity index (χ2n) is 17.2. The Labute approximate surface area is 379 Å². The van der Waals surface area contributed by atoms with Gasteiger partial charge in [-0.25, -0.2) is 0 Å². The molecular weight excluding hydrogens is 781 g/mol.